The molecule has 1 unspecified atom stereocenters. The van der Waals surface area contributed by atoms with Gasteiger partial charge in [-0.2, -0.15) is 4.31 Å². The van der Waals surface area contributed by atoms with Gasteiger partial charge in [0.2, 0.25) is 10.0 Å². The summed E-state index contributed by atoms with van der Waals surface area (Å²) in [6.45, 7) is 6.75. The Morgan fingerprint density at radius 2 is 1.72 bits per heavy atom. The molecular weight excluding hydrogens is 510 g/mol. The van der Waals surface area contributed by atoms with E-state index in [0.29, 0.717) is 25.4 Å². The number of hydrogen-bond acceptors (Lipinski definition) is 6. The van der Waals surface area contributed by atoms with E-state index >= 15 is 0 Å². The molecule has 208 valence electrons. The Morgan fingerprint density at radius 1 is 0.974 bits per heavy atom. The number of sulfonamides is 1. The molecule has 0 radical (unpaired) electrons. The number of ether oxygens (including phenoxy) is 2. The molecule has 0 amide bonds. The van der Waals surface area contributed by atoms with Crippen LogP contribution in [0.1, 0.15) is 35.4 Å². The number of fused-ring (bicyclic) bond motifs is 1. The zero-order valence-corrected chi connectivity index (χ0v) is 24.1. The summed E-state index contributed by atoms with van der Waals surface area (Å²) < 4.78 is 40.5. The van der Waals surface area contributed by atoms with Crippen LogP contribution in [0.3, 0.4) is 0 Å². The highest BCUT2D eigenvalue weighted by Gasteiger charge is 2.50. The third-order valence-electron chi connectivity index (χ3n) is 8.50. The molecule has 0 aliphatic carbocycles. The molecule has 3 aromatic rings. The fourth-order valence-corrected chi connectivity index (χ4v) is 7.90. The number of hydrogen-bond donors (Lipinski definition) is 1. The van der Waals surface area contributed by atoms with Gasteiger partial charge in [-0.25, -0.2) is 8.42 Å². The largest absolute Gasteiger partial charge is 0.495 e. The summed E-state index contributed by atoms with van der Waals surface area (Å²) in [4.78, 5) is 2.60. The highest BCUT2D eigenvalue weighted by atomic mass is 32.2. The van der Waals surface area contributed by atoms with E-state index in [1.807, 2.05) is 0 Å². The van der Waals surface area contributed by atoms with Crippen LogP contribution in [0.5, 0.6) is 5.75 Å². The number of nitrogens with two attached hydrogens (primary N) is 1. The van der Waals surface area contributed by atoms with Crippen LogP contribution in [0.15, 0.2) is 65.6 Å². The highest BCUT2D eigenvalue weighted by Crippen LogP contribution is 2.44. The molecule has 3 aromatic carbocycles. The summed E-state index contributed by atoms with van der Waals surface area (Å²) >= 11 is 0. The van der Waals surface area contributed by atoms with Gasteiger partial charge < -0.3 is 15.2 Å². The molecule has 2 N–H and O–H groups in total. The number of methoxy groups -OCH3 is 2. The third kappa shape index (κ3) is 5.18. The van der Waals surface area contributed by atoms with Gasteiger partial charge in [0.1, 0.15) is 10.6 Å². The lowest BCUT2D eigenvalue weighted by molar-refractivity contribution is -0.0635. The average Bonchev–Trinajstić information content (AvgIpc) is 2.91. The SMILES string of the molecule is COC[C@@H]1[C@@H](c2ccc(-c3cccc(C)c3C)cc2)C2CN(S(=O)(=O)c3ccc(N)cc3OC)CCCCN21. The van der Waals surface area contributed by atoms with Crippen LogP contribution in [0.4, 0.5) is 5.69 Å². The molecule has 0 bridgehead atoms. The molecule has 8 heteroatoms. The van der Waals surface area contributed by atoms with Gasteiger partial charge in [0, 0.05) is 50.0 Å². The predicted octanol–water partition coefficient (Wildman–Crippen LogP) is 4.83. The minimum absolute atomic E-state index is 0.0616. The molecule has 5 rings (SSSR count). The van der Waals surface area contributed by atoms with Crippen LogP contribution in [0, 0.1) is 13.8 Å². The summed E-state index contributed by atoms with van der Waals surface area (Å²) in [5.74, 6) is 0.445. The lowest BCUT2D eigenvalue weighted by atomic mass is 9.74. The Balaban J connectivity index is 1.46. The monoisotopic (exact) mass is 549 g/mol. The van der Waals surface area contributed by atoms with Crippen molar-refractivity contribution in [3.8, 4) is 16.9 Å². The number of benzene rings is 3. The molecule has 2 fully saturated rings. The molecule has 0 saturated carbocycles. The first kappa shape index (κ1) is 27.6. The molecule has 2 aliphatic heterocycles. The zero-order valence-electron chi connectivity index (χ0n) is 23.3. The lowest BCUT2D eigenvalue weighted by Crippen LogP contribution is -2.68. The van der Waals surface area contributed by atoms with Crippen molar-refractivity contribution in [1.82, 2.24) is 9.21 Å². The van der Waals surface area contributed by atoms with Crippen molar-refractivity contribution in [3.05, 3.63) is 77.4 Å². The summed E-state index contributed by atoms with van der Waals surface area (Å²) in [7, 11) is -0.563. The van der Waals surface area contributed by atoms with Gasteiger partial charge in [-0.15, -0.1) is 0 Å². The molecule has 2 saturated heterocycles. The van der Waals surface area contributed by atoms with Crippen LogP contribution >= 0.6 is 0 Å². The van der Waals surface area contributed by atoms with E-state index in [-0.39, 0.29) is 28.6 Å². The Kier molecular flexibility index (Phi) is 8.01. The normalized spacial score (nSPS) is 22.4. The molecule has 39 heavy (non-hydrogen) atoms. The first-order valence-corrected chi connectivity index (χ1v) is 15.0. The van der Waals surface area contributed by atoms with Crippen molar-refractivity contribution in [2.24, 2.45) is 0 Å². The number of rotatable bonds is 7. The Hall–Kier alpha value is -2.91. The second kappa shape index (κ2) is 11.3. The average molecular weight is 550 g/mol. The highest BCUT2D eigenvalue weighted by molar-refractivity contribution is 7.89. The van der Waals surface area contributed by atoms with Crippen molar-refractivity contribution in [1.29, 1.82) is 0 Å². The molecule has 0 spiro atoms. The van der Waals surface area contributed by atoms with Crippen molar-refractivity contribution in [3.63, 3.8) is 0 Å². The Morgan fingerprint density at radius 3 is 2.44 bits per heavy atom. The van der Waals surface area contributed by atoms with E-state index in [1.54, 1.807) is 29.6 Å². The fraction of sp³-hybridized carbons (Fsp3) is 0.419. The van der Waals surface area contributed by atoms with Crippen LogP contribution in [-0.4, -0.2) is 70.2 Å². The maximum Gasteiger partial charge on any atom is 0.246 e. The van der Waals surface area contributed by atoms with Crippen molar-refractivity contribution in [2.45, 2.75) is 49.6 Å². The van der Waals surface area contributed by atoms with E-state index in [1.165, 1.54) is 34.9 Å². The molecular formula is C31H39N3O4S. The Labute approximate surface area is 232 Å². The number of anilines is 1. The third-order valence-corrected chi connectivity index (χ3v) is 10.4. The molecule has 2 heterocycles. The van der Waals surface area contributed by atoms with Gasteiger partial charge in [0.25, 0.3) is 0 Å². The summed E-state index contributed by atoms with van der Waals surface area (Å²) in [5.41, 5.74) is 12.6. The van der Waals surface area contributed by atoms with Gasteiger partial charge in [0.15, 0.2) is 0 Å². The van der Waals surface area contributed by atoms with Gasteiger partial charge in [-0.3, -0.25) is 4.90 Å². The van der Waals surface area contributed by atoms with E-state index in [0.717, 1.165) is 19.4 Å². The topological polar surface area (TPSA) is 85.1 Å². The summed E-state index contributed by atoms with van der Waals surface area (Å²) in [5, 5.41) is 0. The van der Waals surface area contributed by atoms with Crippen LogP contribution in [0.2, 0.25) is 0 Å². The van der Waals surface area contributed by atoms with Crippen molar-refractivity contribution >= 4 is 15.7 Å². The quantitative estimate of drug-likeness (QED) is 0.425. The van der Waals surface area contributed by atoms with Crippen molar-refractivity contribution < 1.29 is 17.9 Å². The van der Waals surface area contributed by atoms with Gasteiger partial charge in [0.05, 0.1) is 13.7 Å². The van der Waals surface area contributed by atoms with Gasteiger partial charge in [-0.1, -0.05) is 42.5 Å². The zero-order chi connectivity index (χ0) is 27.7. The summed E-state index contributed by atoms with van der Waals surface area (Å²) in [6, 6.07) is 20.2. The maximum atomic E-state index is 13.9. The maximum absolute atomic E-state index is 13.9. The lowest BCUT2D eigenvalue weighted by Gasteiger charge is -2.57. The smallest absolute Gasteiger partial charge is 0.246 e. The van der Waals surface area contributed by atoms with E-state index in [4.69, 9.17) is 15.2 Å². The number of nitrogens with zero attached hydrogens (tertiary/aromatic N) is 2. The van der Waals surface area contributed by atoms with Gasteiger partial charge >= 0.3 is 0 Å². The van der Waals surface area contributed by atoms with Crippen LogP contribution < -0.4 is 10.5 Å². The van der Waals surface area contributed by atoms with Crippen LogP contribution in [-0.2, 0) is 14.8 Å². The number of aryl methyl sites for hydroxylation is 1. The Bertz CT molecular complexity index is 1420. The standard InChI is InChI=1S/C31H39N3O4S/c1-21-8-7-9-26(22(21)2)23-10-12-24(13-11-23)31-27-19-33(16-5-6-17-34(27)28(31)20-37-3)39(35,36)30-15-14-25(32)18-29(30)38-4/h7-15,18,27-28,31H,5-6,16-17,19-20,32H2,1-4H3/t27?,28-,31+/m1/s1. The fourth-order valence-electron chi connectivity index (χ4n) is 6.26. The molecule has 7 nitrogen and oxygen atoms in total. The minimum Gasteiger partial charge on any atom is -0.495 e. The number of nitrogen functional groups attached to an aromatic ring is 1. The predicted molar refractivity (Wildman–Crippen MR) is 156 cm³/mol. The van der Waals surface area contributed by atoms with Gasteiger partial charge in [-0.05, 0) is 73.2 Å². The van der Waals surface area contributed by atoms with Crippen LogP contribution in [0.25, 0.3) is 11.1 Å². The van der Waals surface area contributed by atoms with E-state index in [2.05, 4.69) is 61.2 Å². The molecule has 3 atom stereocenters. The molecule has 0 aromatic heterocycles. The van der Waals surface area contributed by atoms with Crippen molar-refractivity contribution in [2.75, 3.05) is 46.2 Å². The first-order chi connectivity index (χ1) is 18.8. The van der Waals surface area contributed by atoms with E-state index in [9.17, 15) is 8.42 Å². The first-order valence-electron chi connectivity index (χ1n) is 13.6. The molecule has 2 aliphatic rings. The summed E-state index contributed by atoms with van der Waals surface area (Å²) in [6.07, 6.45) is 1.73. The second-order valence-electron chi connectivity index (χ2n) is 10.7. The second-order valence-corrected chi connectivity index (χ2v) is 12.6. The van der Waals surface area contributed by atoms with E-state index < -0.39 is 10.0 Å². The minimum atomic E-state index is -3.78.